The van der Waals surface area contributed by atoms with Crippen molar-refractivity contribution in [3.05, 3.63) is 71.4 Å². The first-order valence-corrected chi connectivity index (χ1v) is 8.60. The molecule has 0 amide bonds. The summed E-state index contributed by atoms with van der Waals surface area (Å²) in [6.45, 7) is 1.41. The van der Waals surface area contributed by atoms with Crippen molar-refractivity contribution < 1.29 is 8.78 Å². The van der Waals surface area contributed by atoms with Crippen LogP contribution in [-0.2, 0) is 12.8 Å². The molecular formula is C20H22F2N4. The average Bonchev–Trinajstić information content (AvgIpc) is 3.04. The molecule has 0 radical (unpaired) electrons. The number of aromatic nitrogens is 1. The summed E-state index contributed by atoms with van der Waals surface area (Å²) in [6.07, 6.45) is 3.50. The lowest BCUT2D eigenvalue weighted by Crippen LogP contribution is -2.39. The van der Waals surface area contributed by atoms with E-state index in [4.69, 9.17) is 0 Å². The number of hydrogen-bond acceptors (Lipinski definition) is 1. The molecule has 0 saturated carbocycles. The zero-order chi connectivity index (χ0) is 18.4. The highest BCUT2D eigenvalue weighted by atomic mass is 19.1. The highest BCUT2D eigenvalue weighted by molar-refractivity contribution is 5.83. The van der Waals surface area contributed by atoms with Gasteiger partial charge in [-0.3, -0.25) is 4.99 Å². The van der Waals surface area contributed by atoms with Crippen LogP contribution < -0.4 is 10.6 Å². The average molecular weight is 356 g/mol. The number of fused-ring (bicyclic) bond motifs is 1. The van der Waals surface area contributed by atoms with Crippen LogP contribution in [0.25, 0.3) is 10.9 Å². The molecule has 2 aromatic carbocycles. The standard InChI is InChI=1S/C20H22F2N4/c1-23-20(24-10-8-14-2-4-16(21)5-3-14)25-11-9-15-13-26-19-12-17(22)6-7-18(15)19/h2-7,12-13,26H,8-11H2,1H3,(H2,23,24,25). The molecule has 136 valence electrons. The lowest BCUT2D eigenvalue weighted by molar-refractivity contribution is 0.626. The Balaban J connectivity index is 1.45. The fourth-order valence-corrected chi connectivity index (χ4v) is 2.88. The van der Waals surface area contributed by atoms with Crippen molar-refractivity contribution >= 4 is 16.9 Å². The Bertz CT molecular complexity index is 884. The first-order chi connectivity index (χ1) is 12.7. The first kappa shape index (κ1) is 17.9. The molecule has 1 aromatic heterocycles. The van der Waals surface area contributed by atoms with Crippen molar-refractivity contribution in [2.75, 3.05) is 20.1 Å². The number of aliphatic imine (C=N–C) groups is 1. The van der Waals surface area contributed by atoms with E-state index in [2.05, 4.69) is 20.6 Å². The van der Waals surface area contributed by atoms with Gasteiger partial charge in [0.05, 0.1) is 0 Å². The summed E-state index contributed by atoms with van der Waals surface area (Å²) in [5.74, 6) is 0.256. The van der Waals surface area contributed by atoms with Crippen LogP contribution in [0.15, 0.2) is 53.7 Å². The van der Waals surface area contributed by atoms with Gasteiger partial charge in [-0.05, 0) is 54.3 Å². The third kappa shape index (κ3) is 4.59. The van der Waals surface area contributed by atoms with Crippen LogP contribution in [0, 0.1) is 11.6 Å². The van der Waals surface area contributed by atoms with Gasteiger partial charge in [-0.1, -0.05) is 12.1 Å². The van der Waals surface area contributed by atoms with Gasteiger partial charge >= 0.3 is 0 Å². The number of benzene rings is 2. The second kappa shape index (κ2) is 8.47. The minimum Gasteiger partial charge on any atom is -0.361 e. The van der Waals surface area contributed by atoms with Gasteiger partial charge in [0.15, 0.2) is 5.96 Å². The topological polar surface area (TPSA) is 52.2 Å². The Labute approximate surface area is 151 Å². The number of H-pyrrole nitrogens is 1. The molecule has 0 saturated heterocycles. The van der Waals surface area contributed by atoms with Crippen LogP contribution in [0.4, 0.5) is 8.78 Å². The highest BCUT2D eigenvalue weighted by Crippen LogP contribution is 2.19. The molecule has 3 aromatic rings. The van der Waals surface area contributed by atoms with Gasteiger partial charge in [-0.2, -0.15) is 0 Å². The molecule has 1 heterocycles. The van der Waals surface area contributed by atoms with E-state index in [9.17, 15) is 8.78 Å². The van der Waals surface area contributed by atoms with Crippen molar-refractivity contribution in [3.8, 4) is 0 Å². The SMILES string of the molecule is CN=C(NCCc1ccc(F)cc1)NCCc1c[nH]c2cc(F)ccc12. The first-order valence-electron chi connectivity index (χ1n) is 8.60. The van der Waals surface area contributed by atoms with E-state index >= 15 is 0 Å². The number of halogens is 2. The molecule has 0 aliphatic heterocycles. The van der Waals surface area contributed by atoms with E-state index in [-0.39, 0.29) is 11.6 Å². The van der Waals surface area contributed by atoms with E-state index in [0.29, 0.717) is 13.1 Å². The van der Waals surface area contributed by atoms with E-state index in [1.807, 2.05) is 6.20 Å². The largest absolute Gasteiger partial charge is 0.361 e. The van der Waals surface area contributed by atoms with E-state index in [1.54, 1.807) is 25.2 Å². The zero-order valence-electron chi connectivity index (χ0n) is 14.7. The lowest BCUT2D eigenvalue weighted by Gasteiger charge is -2.11. The Morgan fingerprint density at radius 3 is 2.38 bits per heavy atom. The Kier molecular flexibility index (Phi) is 5.84. The number of aromatic amines is 1. The summed E-state index contributed by atoms with van der Waals surface area (Å²) in [6, 6.07) is 11.3. The fraction of sp³-hybridized carbons (Fsp3) is 0.250. The van der Waals surface area contributed by atoms with Gasteiger partial charge in [-0.15, -0.1) is 0 Å². The maximum Gasteiger partial charge on any atom is 0.190 e. The second-order valence-electron chi connectivity index (χ2n) is 6.06. The fourth-order valence-electron chi connectivity index (χ4n) is 2.88. The van der Waals surface area contributed by atoms with E-state index in [1.165, 1.54) is 24.3 Å². The predicted octanol–water partition coefficient (Wildman–Crippen LogP) is 3.40. The summed E-state index contributed by atoms with van der Waals surface area (Å²) >= 11 is 0. The molecular weight excluding hydrogens is 334 g/mol. The van der Waals surface area contributed by atoms with Gasteiger partial charge in [0, 0.05) is 37.2 Å². The van der Waals surface area contributed by atoms with Crippen LogP contribution >= 0.6 is 0 Å². The van der Waals surface area contributed by atoms with Gasteiger partial charge < -0.3 is 15.6 Å². The number of hydrogen-bond donors (Lipinski definition) is 3. The van der Waals surface area contributed by atoms with Crippen LogP contribution in [-0.4, -0.2) is 31.1 Å². The van der Waals surface area contributed by atoms with E-state index in [0.717, 1.165) is 40.8 Å². The minimum atomic E-state index is -0.241. The van der Waals surface area contributed by atoms with Gasteiger partial charge in [-0.25, -0.2) is 8.78 Å². The summed E-state index contributed by atoms with van der Waals surface area (Å²) < 4.78 is 26.1. The second-order valence-corrected chi connectivity index (χ2v) is 6.06. The van der Waals surface area contributed by atoms with Crippen LogP contribution in [0.1, 0.15) is 11.1 Å². The van der Waals surface area contributed by atoms with Gasteiger partial charge in [0.1, 0.15) is 11.6 Å². The van der Waals surface area contributed by atoms with Crippen LogP contribution in [0.2, 0.25) is 0 Å². The normalized spacial score (nSPS) is 11.7. The molecule has 0 unspecified atom stereocenters. The third-order valence-corrected chi connectivity index (χ3v) is 4.26. The molecule has 3 rings (SSSR count). The molecule has 0 spiro atoms. The van der Waals surface area contributed by atoms with Crippen LogP contribution in [0.5, 0.6) is 0 Å². The summed E-state index contributed by atoms with van der Waals surface area (Å²) in [4.78, 5) is 7.30. The van der Waals surface area contributed by atoms with E-state index < -0.39 is 0 Å². The highest BCUT2D eigenvalue weighted by Gasteiger charge is 2.05. The van der Waals surface area contributed by atoms with Crippen molar-refractivity contribution in [1.29, 1.82) is 0 Å². The monoisotopic (exact) mass is 356 g/mol. The quantitative estimate of drug-likeness (QED) is 0.468. The maximum atomic E-state index is 13.2. The third-order valence-electron chi connectivity index (χ3n) is 4.26. The lowest BCUT2D eigenvalue weighted by atomic mass is 10.1. The molecule has 0 fully saturated rings. The smallest absolute Gasteiger partial charge is 0.190 e. The molecule has 0 aliphatic rings. The maximum absolute atomic E-state index is 13.2. The number of guanidine groups is 1. The minimum absolute atomic E-state index is 0.223. The molecule has 0 bridgehead atoms. The number of rotatable bonds is 6. The molecule has 0 aliphatic carbocycles. The Hall–Kier alpha value is -2.89. The summed E-state index contributed by atoms with van der Waals surface area (Å²) in [5.41, 5.74) is 3.01. The van der Waals surface area contributed by atoms with Crippen molar-refractivity contribution in [2.24, 2.45) is 4.99 Å². The van der Waals surface area contributed by atoms with Gasteiger partial charge in [0.25, 0.3) is 0 Å². The molecule has 0 atom stereocenters. The van der Waals surface area contributed by atoms with Crippen molar-refractivity contribution in [2.45, 2.75) is 12.8 Å². The Morgan fingerprint density at radius 1 is 0.962 bits per heavy atom. The molecule has 6 heteroatoms. The molecule has 3 N–H and O–H groups in total. The van der Waals surface area contributed by atoms with Crippen molar-refractivity contribution in [1.82, 2.24) is 15.6 Å². The number of nitrogens with one attached hydrogen (secondary N) is 3. The predicted molar refractivity (Wildman–Crippen MR) is 101 cm³/mol. The van der Waals surface area contributed by atoms with Gasteiger partial charge in [0.2, 0.25) is 0 Å². The summed E-state index contributed by atoms with van der Waals surface area (Å²) in [7, 11) is 1.72. The van der Waals surface area contributed by atoms with Crippen LogP contribution in [0.3, 0.4) is 0 Å². The Morgan fingerprint density at radius 2 is 1.65 bits per heavy atom. The van der Waals surface area contributed by atoms with Crippen molar-refractivity contribution in [3.63, 3.8) is 0 Å². The zero-order valence-corrected chi connectivity index (χ0v) is 14.7. The summed E-state index contributed by atoms with van der Waals surface area (Å²) in [5, 5.41) is 7.55. The molecule has 26 heavy (non-hydrogen) atoms. The molecule has 4 nitrogen and oxygen atoms in total. The number of nitrogens with zero attached hydrogens (tertiary/aromatic N) is 1.